The molecule has 0 bridgehead atoms. The second kappa shape index (κ2) is 22.0. The van der Waals surface area contributed by atoms with Gasteiger partial charge in [-0.05, 0) is 186 Å². The monoisotopic (exact) mass is 1170 g/mol. The van der Waals surface area contributed by atoms with Crippen molar-refractivity contribution in [2.45, 2.75) is 52.4 Å². The van der Waals surface area contributed by atoms with Gasteiger partial charge in [0.1, 0.15) is 0 Å². The van der Waals surface area contributed by atoms with Gasteiger partial charge < -0.3 is 19.3 Å². The van der Waals surface area contributed by atoms with Gasteiger partial charge in [-0.25, -0.2) is 0 Å². The van der Waals surface area contributed by atoms with E-state index in [4.69, 9.17) is 4.11 Å². The quantitative estimate of drug-likeness (QED) is 0.127. The van der Waals surface area contributed by atoms with Crippen molar-refractivity contribution in [3.8, 4) is 50.2 Å². The van der Waals surface area contributed by atoms with Crippen molar-refractivity contribution in [2.24, 2.45) is 0 Å². The highest BCUT2D eigenvalue weighted by Gasteiger charge is 2.45. The van der Waals surface area contributed by atoms with Crippen LogP contribution in [-0.4, -0.2) is 11.3 Å². The zero-order valence-electron chi connectivity index (χ0n) is 56.9. The fourth-order valence-corrected chi connectivity index (χ4v) is 14.0. The lowest BCUT2D eigenvalue weighted by molar-refractivity contribution is 0.590. The first-order valence-electron chi connectivity index (χ1n) is 34.0. The molecule has 0 amide bonds. The van der Waals surface area contributed by atoms with Gasteiger partial charge in [0.05, 0.1) is 23.6 Å². The van der Waals surface area contributed by atoms with Crippen LogP contribution in [0.25, 0.3) is 72.0 Å². The summed E-state index contributed by atoms with van der Waals surface area (Å²) in [5, 5.41) is 2.27. The molecule has 16 rings (SSSR count). The van der Waals surface area contributed by atoms with Gasteiger partial charge in [-0.1, -0.05) is 242 Å². The molecule has 1 aromatic heterocycles. The van der Waals surface area contributed by atoms with E-state index in [9.17, 15) is 2.74 Å². The molecule has 0 unspecified atom stereocenters. The van der Waals surface area contributed by atoms with Gasteiger partial charge in [0, 0.05) is 67.5 Å². The number of nitrogens with zero attached hydrogens (tertiary/aromatic N) is 4. The normalized spacial score (nSPS) is 13.4. The van der Waals surface area contributed by atoms with Crippen molar-refractivity contribution in [2.75, 3.05) is 14.7 Å². The van der Waals surface area contributed by atoms with Gasteiger partial charge in [-0.2, -0.15) is 0 Å². The molecule has 0 spiro atoms. The van der Waals surface area contributed by atoms with Crippen LogP contribution in [0.1, 0.15) is 59.5 Å². The maximum Gasteiger partial charge on any atom is 0.252 e. The van der Waals surface area contributed by atoms with E-state index in [1.807, 2.05) is 6.07 Å². The van der Waals surface area contributed by atoms with Gasteiger partial charge >= 0.3 is 0 Å². The Labute approximate surface area is 542 Å². The molecule has 0 aliphatic carbocycles. The molecule has 91 heavy (non-hydrogen) atoms. The fourth-order valence-electron chi connectivity index (χ4n) is 14.0. The van der Waals surface area contributed by atoms with Crippen molar-refractivity contribution in [1.29, 1.82) is 0 Å². The largest absolute Gasteiger partial charge is 0.311 e. The average molecular weight is 1170 g/mol. The molecule has 2 aliphatic heterocycles. The van der Waals surface area contributed by atoms with Gasteiger partial charge in [0.15, 0.2) is 0 Å². The summed E-state index contributed by atoms with van der Waals surface area (Å²) in [7, 11) is 0. The lowest BCUT2D eigenvalue weighted by Crippen LogP contribution is -2.61. The molecule has 436 valence electrons. The number of para-hydroxylation sites is 3. The SMILES string of the molecule is [2H]c1c([2H])c([2H])c(-c2ccc3c(c2)N(c2cc(-c4ccccc4)cc(-c4ccccc4)c2)c2cc(C(C)(C)C)cc4c2B3c2ccc(-n3c5ccccc5c5cc(N(c6ccccc6)c6ccccc6)ccc53)cc2N4c2ccc(C(C)(C)C)cc2-c2ccccc2)c([2H])c1[2H]. The van der Waals surface area contributed by atoms with E-state index in [-0.39, 0.29) is 47.3 Å². The van der Waals surface area contributed by atoms with Crippen LogP contribution in [0.3, 0.4) is 0 Å². The minimum Gasteiger partial charge on any atom is -0.311 e. The van der Waals surface area contributed by atoms with E-state index in [0.717, 1.165) is 134 Å². The molecule has 14 aromatic rings. The third-order valence-electron chi connectivity index (χ3n) is 18.5. The molecule has 0 N–H and O–H groups in total. The minimum atomic E-state index is -0.426. The number of benzene rings is 13. The van der Waals surface area contributed by atoms with Crippen LogP contribution in [0.4, 0.5) is 51.2 Å². The summed E-state index contributed by atoms with van der Waals surface area (Å²) in [6.45, 7) is 13.4. The van der Waals surface area contributed by atoms with Crippen molar-refractivity contribution >= 4 is 96.1 Å². The molecule has 0 saturated heterocycles. The van der Waals surface area contributed by atoms with E-state index < -0.39 is 6.04 Å². The Hall–Kier alpha value is -10.9. The third-order valence-corrected chi connectivity index (χ3v) is 18.5. The summed E-state index contributed by atoms with van der Waals surface area (Å²) in [6.07, 6.45) is 0. The van der Waals surface area contributed by atoms with E-state index >= 15 is 0 Å². The van der Waals surface area contributed by atoms with Gasteiger partial charge in [0.25, 0.3) is 6.71 Å². The molecule has 3 heterocycles. The number of fused-ring (bicyclic) bond motifs is 7. The van der Waals surface area contributed by atoms with E-state index in [0.29, 0.717) is 5.56 Å². The van der Waals surface area contributed by atoms with Crippen molar-refractivity contribution < 1.29 is 6.85 Å². The maximum absolute atomic E-state index is 9.41. The molecule has 0 atom stereocenters. The highest BCUT2D eigenvalue weighted by atomic mass is 15.2. The van der Waals surface area contributed by atoms with Crippen LogP contribution in [0, 0.1) is 0 Å². The average Bonchev–Trinajstić information content (AvgIpc) is 0.767. The number of rotatable bonds is 10. The summed E-state index contributed by atoms with van der Waals surface area (Å²) in [5.74, 6) is 0. The zero-order chi connectivity index (χ0) is 65.9. The first kappa shape index (κ1) is 50.0. The number of hydrogen-bond donors (Lipinski definition) is 0. The van der Waals surface area contributed by atoms with E-state index in [1.54, 1.807) is 0 Å². The second-order valence-corrected chi connectivity index (χ2v) is 26.2. The van der Waals surface area contributed by atoms with E-state index in [2.05, 4.69) is 334 Å². The third kappa shape index (κ3) is 9.71. The predicted octanol–water partition coefficient (Wildman–Crippen LogP) is 21.6. The summed E-state index contributed by atoms with van der Waals surface area (Å²) in [4.78, 5) is 7.29. The molecular weight excluding hydrogens is 1100 g/mol. The molecule has 2 aliphatic rings. The number of hydrogen-bond acceptors (Lipinski definition) is 3. The smallest absolute Gasteiger partial charge is 0.252 e. The summed E-state index contributed by atoms with van der Waals surface area (Å²) in [6, 6.07) is 99.0. The molecule has 4 nitrogen and oxygen atoms in total. The Kier molecular flexibility index (Phi) is 12.1. The number of anilines is 9. The summed E-state index contributed by atoms with van der Waals surface area (Å²) >= 11 is 0. The topological polar surface area (TPSA) is 14.7 Å². The molecular formula is C86H69BN4. The Bertz CT molecular complexity index is 5270. The Balaban J connectivity index is 1.01. The molecule has 5 heteroatoms. The fraction of sp³-hybridized carbons (Fsp3) is 0.0930. The lowest BCUT2D eigenvalue weighted by atomic mass is 9.33. The second-order valence-electron chi connectivity index (χ2n) is 26.2. The van der Waals surface area contributed by atoms with Gasteiger partial charge in [-0.3, -0.25) is 0 Å². The number of aromatic nitrogens is 1. The summed E-state index contributed by atoms with van der Waals surface area (Å²) < 4.78 is 47.8. The van der Waals surface area contributed by atoms with Gasteiger partial charge in [0.2, 0.25) is 0 Å². The van der Waals surface area contributed by atoms with Crippen LogP contribution >= 0.6 is 0 Å². The van der Waals surface area contributed by atoms with Crippen LogP contribution in [0.5, 0.6) is 0 Å². The Morgan fingerprint density at radius 3 is 1.48 bits per heavy atom. The van der Waals surface area contributed by atoms with Crippen molar-refractivity contribution in [3.05, 3.63) is 320 Å². The van der Waals surface area contributed by atoms with Crippen LogP contribution < -0.4 is 31.1 Å². The first-order chi connectivity index (χ1) is 46.5. The van der Waals surface area contributed by atoms with Crippen molar-refractivity contribution in [1.82, 2.24) is 4.57 Å². The molecule has 0 saturated carbocycles. The first-order valence-corrected chi connectivity index (χ1v) is 31.5. The highest BCUT2D eigenvalue weighted by Crippen LogP contribution is 2.51. The van der Waals surface area contributed by atoms with Gasteiger partial charge in [-0.15, -0.1) is 0 Å². The summed E-state index contributed by atoms with van der Waals surface area (Å²) in [5.41, 5.74) is 24.4. The van der Waals surface area contributed by atoms with Crippen LogP contribution in [0.2, 0.25) is 0 Å². The molecule has 13 aromatic carbocycles. The van der Waals surface area contributed by atoms with Crippen LogP contribution in [-0.2, 0) is 10.8 Å². The standard InChI is InChI=1S/C86H69BN4/c1-85(2,3)65-42-47-78(73(53-65)61-33-19-10-20-34-61)91-81-57-70(89-77-40-26-25-39-72(77)74-56-69(44-48-79(74)89)88(67-35-21-11-22-36-67)68-37-23-12-24-38-68)43-46-76(81)87-75-45-41-62(58-27-13-7-14-28-58)52-80(75)90(82-54-66(86(4,5)6)55-83(91)84(82)87)71-50-63(59-29-15-8-16-30-59)49-64(51-71)60-31-17-9-18-32-60/h7-57H,1-6H3/i7D,13D,14D,27D,28D. The highest BCUT2D eigenvalue weighted by molar-refractivity contribution is 7.00. The Morgan fingerprint density at radius 2 is 0.868 bits per heavy atom. The lowest BCUT2D eigenvalue weighted by Gasteiger charge is -2.46. The van der Waals surface area contributed by atoms with Crippen LogP contribution in [0.15, 0.2) is 309 Å². The Morgan fingerprint density at radius 1 is 0.330 bits per heavy atom. The predicted molar refractivity (Wildman–Crippen MR) is 389 cm³/mol. The van der Waals surface area contributed by atoms with Crippen molar-refractivity contribution in [3.63, 3.8) is 0 Å². The van der Waals surface area contributed by atoms with E-state index in [1.165, 1.54) is 5.56 Å². The maximum atomic E-state index is 9.41. The molecule has 0 fully saturated rings. The minimum absolute atomic E-state index is 0.153. The zero-order valence-corrected chi connectivity index (χ0v) is 51.9. The molecule has 0 radical (unpaired) electrons.